The summed E-state index contributed by atoms with van der Waals surface area (Å²) in [6, 6.07) is 37.0. The maximum Gasteiger partial charge on any atom is 0.293 e. The summed E-state index contributed by atoms with van der Waals surface area (Å²) in [6.07, 6.45) is 14.7. The maximum absolute atomic E-state index is 13.9. The highest BCUT2D eigenvalue weighted by atomic mass is 32.1. The summed E-state index contributed by atoms with van der Waals surface area (Å²) < 4.78 is 8.85. The molecule has 33 nitrogen and oxygen atoms in total. The zero-order chi connectivity index (χ0) is 93.9. The van der Waals surface area contributed by atoms with E-state index in [1.165, 1.54) is 30.0 Å². The molecule has 10 heterocycles. The zero-order valence-corrected chi connectivity index (χ0v) is 76.9. The minimum absolute atomic E-state index is 0.0164. The molecule has 4 fully saturated rings. The molecule has 134 heavy (non-hydrogen) atoms. The number of ether oxygens (including phenoxy) is 1. The number of piperidine rings is 2. The van der Waals surface area contributed by atoms with Crippen LogP contribution in [0, 0.1) is 13.8 Å². The van der Waals surface area contributed by atoms with Gasteiger partial charge >= 0.3 is 0 Å². The molecule has 0 saturated carbocycles. The Labute approximate surface area is 780 Å². The van der Waals surface area contributed by atoms with Crippen LogP contribution in [0.4, 0.5) is 45.8 Å². The number of imide groups is 4. The van der Waals surface area contributed by atoms with Gasteiger partial charge in [-0.2, -0.15) is 0 Å². The molecule has 35 heteroatoms. The first kappa shape index (κ1) is 91.9. The Balaban J connectivity index is 0.000000187. The number of hydrogen-bond donors (Lipinski definition) is 8. The minimum Gasteiger partial charge on any atom is -0.384 e. The van der Waals surface area contributed by atoms with Crippen molar-refractivity contribution in [3.05, 3.63) is 242 Å². The van der Waals surface area contributed by atoms with Crippen LogP contribution in [-0.2, 0) is 73.3 Å². The third kappa shape index (κ3) is 19.2. The molecule has 10 aromatic rings. The number of amides is 12. The molecule has 6 aliphatic heterocycles. The molecule has 4 saturated heterocycles. The Morgan fingerprint density at radius 2 is 0.866 bits per heavy atom. The third-order valence-electron chi connectivity index (χ3n) is 26.1. The fourth-order valence-electron chi connectivity index (χ4n) is 18.8. The number of likely N-dealkylation sites (N-methyl/N-ethyl adjacent to an activating group) is 2. The second kappa shape index (κ2) is 39.8. The number of hydrogen-bond acceptors (Lipinski definition) is 25. The van der Waals surface area contributed by atoms with Gasteiger partial charge in [0.05, 0.1) is 56.6 Å². The Hall–Kier alpha value is -14.0. The predicted octanol–water partition coefficient (Wildman–Crippen LogP) is 11.2. The maximum atomic E-state index is 13.9. The number of rotatable bonds is 28. The van der Waals surface area contributed by atoms with E-state index in [0.29, 0.717) is 108 Å². The highest BCUT2D eigenvalue weighted by Crippen LogP contribution is 2.40. The van der Waals surface area contributed by atoms with Crippen LogP contribution in [0.5, 0.6) is 0 Å². The highest BCUT2D eigenvalue weighted by Gasteiger charge is 2.48. The van der Waals surface area contributed by atoms with E-state index in [1.807, 2.05) is 140 Å². The highest BCUT2D eigenvalue weighted by molar-refractivity contribution is 7.14. The topological polar surface area (TPSA) is 400 Å². The number of benzene rings is 6. The lowest BCUT2D eigenvalue weighted by atomic mass is 9.99. The molecule has 692 valence electrons. The van der Waals surface area contributed by atoms with Crippen molar-refractivity contribution in [2.24, 2.45) is 14.1 Å². The van der Waals surface area contributed by atoms with Gasteiger partial charge in [-0.3, -0.25) is 97.4 Å². The second-order valence-electron chi connectivity index (χ2n) is 35.0. The van der Waals surface area contributed by atoms with E-state index in [9.17, 15) is 67.1 Å². The first-order chi connectivity index (χ1) is 64.7. The van der Waals surface area contributed by atoms with E-state index in [-0.39, 0.29) is 108 Å². The zero-order valence-electron chi connectivity index (χ0n) is 75.3. The van der Waals surface area contributed by atoms with Gasteiger partial charge in [-0.25, -0.2) is 9.97 Å². The Bertz CT molecular complexity index is 6090. The molecule has 18 rings (SSSR count). The summed E-state index contributed by atoms with van der Waals surface area (Å²) >= 11 is 3.14. The minimum atomic E-state index is -1.05. The molecule has 8 aliphatic rings. The molecule has 12 amide bonds. The quantitative estimate of drug-likeness (QED) is 0.0167. The molecule has 0 radical (unpaired) electrons. The van der Waals surface area contributed by atoms with Crippen LogP contribution in [0.25, 0.3) is 22.5 Å². The van der Waals surface area contributed by atoms with Crippen LogP contribution in [0.2, 0.25) is 0 Å². The molecule has 6 aromatic carbocycles. The standard InChI is InChI=1S/C50H53N9O7S.C49H51N9O8S/c1-29-33(12-9-14-35(29)54-46(62)40-27-31-11-5-6-16-39(31)67-40)37-28-57(3)50(66)44(53-37)52-32-19-17-30(18-20-32)43-49(65)58(26-25-56(43)2)24-8-4-7-23-51-36-15-10-13-34-42(36)48(64)59(47(34)63)38-21-22-41(60)55-45(38)61;1-28-32(9-6-11-34(28)53-45(61)39-26-30-8-4-5-13-38(30)67-39)36-27-56(3)49(65)43(52-36)51-31-16-14-29(15-17-31)42-48(64)57(22-21-55(42)2)23-25-66-24-20-50-35-12-7-10-33-41(35)47(63)58(46(33)62)37-18-19-40(59)54-44(37)60/h9-10,12-15,17-20,27-28,38,43,51H,4-8,11,16,21-26H2,1-3H3,(H,52,53)(H,54,62)(H,55,60,61);6-7,9-12,14-17,26-27,37,42,50H,4-5,8,13,18-25H2,1-3H3,(H,51,52)(H,53,61)(H,54,59,60)/t38?,43-;37?,42-/m11/s1. The summed E-state index contributed by atoms with van der Waals surface area (Å²) in [4.78, 5) is 206. The number of anilines is 8. The second-order valence-corrected chi connectivity index (χ2v) is 37.2. The van der Waals surface area contributed by atoms with Crippen molar-refractivity contribution >= 4 is 139 Å². The third-order valence-corrected chi connectivity index (χ3v) is 28.6. The Morgan fingerprint density at radius 3 is 1.31 bits per heavy atom. The number of aromatic nitrogens is 4. The number of unbranched alkanes of at least 4 members (excludes halogenated alkanes) is 2. The number of carbonyl (C=O) groups is 12. The lowest BCUT2D eigenvalue weighted by molar-refractivity contribution is -0.142. The number of nitrogens with zero attached hydrogens (tertiary/aromatic N) is 10. The van der Waals surface area contributed by atoms with Crippen molar-refractivity contribution in [3.8, 4) is 22.5 Å². The van der Waals surface area contributed by atoms with Gasteiger partial charge < -0.3 is 55.6 Å². The van der Waals surface area contributed by atoms with Gasteiger partial charge in [-0.05, 0) is 218 Å². The normalized spacial score (nSPS) is 18.5. The summed E-state index contributed by atoms with van der Waals surface area (Å²) in [5.74, 6) is -4.48. The van der Waals surface area contributed by atoms with Crippen LogP contribution in [-0.4, -0.2) is 211 Å². The van der Waals surface area contributed by atoms with Crippen LogP contribution in [0.15, 0.2) is 155 Å². The number of carbonyl (C=O) groups excluding carboxylic acids is 12. The number of nitrogens with one attached hydrogen (secondary N) is 8. The monoisotopic (exact) mass is 1850 g/mol. The van der Waals surface area contributed by atoms with Crippen molar-refractivity contribution in [3.63, 3.8) is 0 Å². The van der Waals surface area contributed by atoms with Crippen molar-refractivity contribution in [1.29, 1.82) is 0 Å². The van der Waals surface area contributed by atoms with Crippen LogP contribution >= 0.6 is 22.7 Å². The summed E-state index contributed by atoms with van der Waals surface area (Å²) in [6.45, 7) is 8.67. The van der Waals surface area contributed by atoms with E-state index in [1.54, 1.807) is 90.5 Å². The molecule has 2 unspecified atom stereocenters. The lowest BCUT2D eigenvalue weighted by Crippen LogP contribution is -2.54. The van der Waals surface area contributed by atoms with E-state index in [2.05, 4.69) is 42.5 Å². The fraction of sp³-hybridized carbons (Fsp3) is 0.354. The largest absolute Gasteiger partial charge is 0.384 e. The van der Waals surface area contributed by atoms with Crippen LogP contribution in [0.1, 0.15) is 187 Å². The summed E-state index contributed by atoms with van der Waals surface area (Å²) in [5, 5.41) is 23.5. The molecular formula is C99H104N18O15S2. The number of fused-ring (bicyclic) bond motifs is 4. The molecular weight excluding hydrogens is 1750 g/mol. The lowest BCUT2D eigenvalue weighted by Gasteiger charge is -2.39. The van der Waals surface area contributed by atoms with Gasteiger partial charge in [0.2, 0.25) is 35.4 Å². The SMILES string of the molecule is Cc1c(NC(=O)c2cc3c(s2)CCCC3)cccc1-c1cn(C)c(=O)c(Nc2ccc([C@@H]3C(=O)N(CCCCCNc4cccc5c4C(=O)N(C4CCC(=O)NC4=O)C5=O)CCN3C)cc2)n1.Cc1c(NC(=O)c2cc3c(s2)CCCC3)cccc1-c1cn(C)c(=O)c(Nc2ccc([C@@H]3C(=O)N(CCOCCNc4cccc5c4C(=O)N(C4CCC(=O)NC4=O)C5=O)CCN3C)cc2)n1. The van der Waals surface area contributed by atoms with Crippen molar-refractivity contribution in [1.82, 2.24) is 59.1 Å². The molecule has 4 atom stereocenters. The number of aryl methyl sites for hydroxylation is 6. The van der Waals surface area contributed by atoms with E-state index in [4.69, 9.17) is 14.7 Å². The van der Waals surface area contributed by atoms with Crippen molar-refractivity contribution in [2.75, 3.05) is 112 Å². The van der Waals surface area contributed by atoms with Gasteiger partial charge in [0.1, 0.15) is 24.2 Å². The molecule has 8 N–H and O–H groups in total. The summed E-state index contributed by atoms with van der Waals surface area (Å²) in [7, 11) is 7.20. The van der Waals surface area contributed by atoms with Crippen molar-refractivity contribution in [2.45, 2.75) is 134 Å². The molecule has 2 aliphatic carbocycles. The first-order valence-electron chi connectivity index (χ1n) is 45.4. The van der Waals surface area contributed by atoms with Gasteiger partial charge in [-0.1, -0.05) is 60.7 Å². The average molecular weight is 1850 g/mol. The van der Waals surface area contributed by atoms with Crippen LogP contribution in [0.3, 0.4) is 0 Å². The molecule has 0 bridgehead atoms. The van der Waals surface area contributed by atoms with E-state index < -0.39 is 71.4 Å². The number of thiophene rings is 2. The van der Waals surface area contributed by atoms with E-state index in [0.717, 1.165) is 114 Å². The van der Waals surface area contributed by atoms with Gasteiger partial charge in [-0.15, -0.1) is 22.7 Å². The average Bonchev–Trinajstić information content (AvgIpc) is 1.52. The van der Waals surface area contributed by atoms with Gasteiger partial charge in [0.15, 0.2) is 11.6 Å². The van der Waals surface area contributed by atoms with Crippen molar-refractivity contribution < 1.29 is 62.3 Å². The van der Waals surface area contributed by atoms with Gasteiger partial charge in [0, 0.05) is 147 Å². The first-order valence-corrected chi connectivity index (χ1v) is 47.0. The fourth-order valence-corrected chi connectivity index (χ4v) is 21.1. The van der Waals surface area contributed by atoms with Gasteiger partial charge in [0.25, 0.3) is 46.6 Å². The smallest absolute Gasteiger partial charge is 0.293 e. The molecule has 4 aromatic heterocycles. The Morgan fingerprint density at radius 1 is 0.448 bits per heavy atom. The predicted molar refractivity (Wildman–Crippen MR) is 508 cm³/mol. The summed E-state index contributed by atoms with van der Waals surface area (Å²) in [5.41, 5.74) is 12.3. The Kier molecular flexibility index (Phi) is 27.3. The molecule has 0 spiro atoms. The van der Waals surface area contributed by atoms with E-state index >= 15 is 0 Å². The number of piperazine rings is 2. The van der Waals surface area contributed by atoms with Crippen LogP contribution < -0.4 is 53.7 Å².